The normalized spacial score (nSPS) is 11.2. The highest BCUT2D eigenvalue weighted by atomic mass is 32.2. The van der Waals surface area contributed by atoms with Crippen molar-refractivity contribution < 1.29 is 9.53 Å². The summed E-state index contributed by atoms with van der Waals surface area (Å²) in [6.07, 6.45) is 0. The number of carbonyl (C=O) groups is 1. The summed E-state index contributed by atoms with van der Waals surface area (Å²) >= 11 is 2.82. The van der Waals surface area contributed by atoms with Gasteiger partial charge in [0.25, 0.3) is 5.56 Å². The minimum Gasteiger partial charge on any atom is -0.462 e. The molecule has 4 aromatic rings. The summed E-state index contributed by atoms with van der Waals surface area (Å²) in [7, 11) is 0. The number of nitrogens with one attached hydrogen (secondary N) is 1. The molecule has 0 saturated heterocycles. The molecule has 0 aliphatic rings. The molecule has 0 aliphatic carbocycles. The van der Waals surface area contributed by atoms with Gasteiger partial charge in [0, 0.05) is 4.90 Å². The average molecular weight is 411 g/mol. The number of thiophene rings is 1. The number of esters is 1. The van der Waals surface area contributed by atoms with Crippen molar-refractivity contribution in [1.29, 1.82) is 0 Å². The van der Waals surface area contributed by atoms with Crippen LogP contribution < -0.4 is 5.56 Å². The Morgan fingerprint density at radius 2 is 2.00 bits per heavy atom. The second kappa shape index (κ2) is 7.77. The molecule has 142 valence electrons. The monoisotopic (exact) mass is 410 g/mol. The quantitative estimate of drug-likeness (QED) is 0.374. The Hall–Kier alpha value is -2.64. The van der Waals surface area contributed by atoms with Crippen LogP contribution in [-0.2, 0) is 10.5 Å². The van der Waals surface area contributed by atoms with E-state index in [1.165, 1.54) is 22.1 Å². The van der Waals surface area contributed by atoms with Crippen LogP contribution in [0.2, 0.25) is 0 Å². The number of carbonyl (C=O) groups excluding carboxylic acids is 1. The van der Waals surface area contributed by atoms with Crippen LogP contribution in [0.15, 0.2) is 52.2 Å². The number of aromatic nitrogens is 2. The first-order valence-electron chi connectivity index (χ1n) is 8.88. The molecule has 0 aliphatic heterocycles. The molecule has 4 rings (SSSR count). The fraction of sp³-hybridized carbons (Fsp3) is 0.190. The fourth-order valence-electron chi connectivity index (χ4n) is 3.06. The van der Waals surface area contributed by atoms with Crippen LogP contribution in [0.25, 0.3) is 21.0 Å². The fourth-order valence-corrected chi connectivity index (χ4v) is 4.97. The highest BCUT2D eigenvalue weighted by Gasteiger charge is 2.20. The summed E-state index contributed by atoms with van der Waals surface area (Å²) in [5, 5.41) is 2.84. The molecular weight excluding hydrogens is 392 g/mol. The lowest BCUT2D eigenvalue weighted by molar-refractivity contribution is 0.0531. The summed E-state index contributed by atoms with van der Waals surface area (Å²) in [6, 6.07) is 14.5. The topological polar surface area (TPSA) is 72.0 Å². The van der Waals surface area contributed by atoms with Crippen molar-refractivity contribution >= 4 is 50.1 Å². The lowest BCUT2D eigenvalue weighted by Gasteiger charge is -2.04. The number of ether oxygens (including phenoxy) is 1. The lowest BCUT2D eigenvalue weighted by atomic mass is 10.1. The molecule has 2 aromatic heterocycles. The van der Waals surface area contributed by atoms with Crippen LogP contribution in [0.4, 0.5) is 0 Å². The Morgan fingerprint density at radius 1 is 1.21 bits per heavy atom. The van der Waals surface area contributed by atoms with E-state index in [2.05, 4.69) is 40.3 Å². The van der Waals surface area contributed by atoms with Crippen LogP contribution in [0.1, 0.15) is 28.0 Å². The molecule has 0 radical (unpaired) electrons. The molecular formula is C21H18N2O3S2. The predicted molar refractivity (Wildman–Crippen MR) is 114 cm³/mol. The van der Waals surface area contributed by atoms with E-state index in [1.807, 2.05) is 12.1 Å². The summed E-state index contributed by atoms with van der Waals surface area (Å²) < 4.78 is 5.08. The predicted octanol–water partition coefficient (Wildman–Crippen LogP) is 4.92. The molecule has 0 atom stereocenters. The van der Waals surface area contributed by atoms with Gasteiger partial charge in [-0.05, 0) is 42.3 Å². The van der Waals surface area contributed by atoms with Crippen molar-refractivity contribution in [2.45, 2.75) is 24.5 Å². The molecule has 0 saturated carbocycles. The number of thioether (sulfide) groups is 1. The molecule has 2 heterocycles. The van der Waals surface area contributed by atoms with Crippen LogP contribution in [-0.4, -0.2) is 22.5 Å². The number of benzene rings is 2. The first kappa shape index (κ1) is 18.7. The minimum absolute atomic E-state index is 0.219. The summed E-state index contributed by atoms with van der Waals surface area (Å²) in [4.78, 5) is 34.2. The lowest BCUT2D eigenvalue weighted by Crippen LogP contribution is -2.11. The molecule has 0 amide bonds. The molecule has 28 heavy (non-hydrogen) atoms. The molecule has 0 fully saturated rings. The SMILES string of the molecule is CCOC(=O)c1sc2nc(CSc3ccc4ccccc4c3)[nH]c(=O)c2c1C. The largest absolute Gasteiger partial charge is 0.462 e. The second-order valence-electron chi connectivity index (χ2n) is 6.27. The van der Waals surface area contributed by atoms with Crippen molar-refractivity contribution in [3.63, 3.8) is 0 Å². The zero-order chi connectivity index (χ0) is 19.7. The van der Waals surface area contributed by atoms with Gasteiger partial charge in [0.15, 0.2) is 0 Å². The smallest absolute Gasteiger partial charge is 0.348 e. The Labute approximate surface area is 169 Å². The Bertz CT molecular complexity index is 1240. The van der Waals surface area contributed by atoms with Gasteiger partial charge in [0.05, 0.1) is 17.7 Å². The third kappa shape index (κ3) is 3.55. The first-order chi connectivity index (χ1) is 13.6. The maximum atomic E-state index is 12.6. The molecule has 1 N–H and O–H groups in total. The molecule has 5 nitrogen and oxygen atoms in total. The molecule has 2 aromatic carbocycles. The van der Waals surface area contributed by atoms with E-state index in [0.29, 0.717) is 38.8 Å². The van der Waals surface area contributed by atoms with E-state index in [9.17, 15) is 9.59 Å². The second-order valence-corrected chi connectivity index (χ2v) is 8.31. The van der Waals surface area contributed by atoms with Gasteiger partial charge in [-0.1, -0.05) is 30.3 Å². The number of aryl methyl sites for hydroxylation is 1. The van der Waals surface area contributed by atoms with E-state index < -0.39 is 5.97 Å². The van der Waals surface area contributed by atoms with Gasteiger partial charge in [0.1, 0.15) is 15.5 Å². The summed E-state index contributed by atoms with van der Waals surface area (Å²) in [6.45, 7) is 3.81. The zero-order valence-corrected chi connectivity index (χ0v) is 17.1. The third-order valence-corrected chi connectivity index (χ3v) is 6.58. The van der Waals surface area contributed by atoms with E-state index in [4.69, 9.17) is 4.74 Å². The van der Waals surface area contributed by atoms with Gasteiger partial charge in [0.2, 0.25) is 0 Å². The van der Waals surface area contributed by atoms with Crippen molar-refractivity contribution in [3.8, 4) is 0 Å². The Kier molecular flexibility index (Phi) is 5.19. The van der Waals surface area contributed by atoms with Crippen LogP contribution >= 0.6 is 23.1 Å². The maximum absolute atomic E-state index is 12.6. The molecule has 0 bridgehead atoms. The number of fused-ring (bicyclic) bond motifs is 2. The number of H-pyrrole nitrogens is 1. The van der Waals surface area contributed by atoms with Gasteiger partial charge in [-0.25, -0.2) is 9.78 Å². The number of hydrogen-bond acceptors (Lipinski definition) is 6. The highest BCUT2D eigenvalue weighted by molar-refractivity contribution is 7.98. The highest BCUT2D eigenvalue weighted by Crippen LogP contribution is 2.29. The summed E-state index contributed by atoms with van der Waals surface area (Å²) in [5.74, 6) is 0.719. The third-order valence-electron chi connectivity index (χ3n) is 4.41. The van der Waals surface area contributed by atoms with Gasteiger partial charge < -0.3 is 9.72 Å². The average Bonchev–Trinajstić information content (AvgIpc) is 3.03. The standard InChI is InChI=1S/C21H18N2O3S2/c1-3-26-21(25)18-12(2)17-19(24)22-16(23-20(17)28-18)11-27-15-9-8-13-6-4-5-7-14(13)10-15/h4-10H,3,11H2,1-2H3,(H,22,23,24). The van der Waals surface area contributed by atoms with Crippen molar-refractivity contribution in [1.82, 2.24) is 9.97 Å². The van der Waals surface area contributed by atoms with E-state index >= 15 is 0 Å². The molecule has 7 heteroatoms. The first-order valence-corrected chi connectivity index (χ1v) is 10.7. The molecule has 0 spiro atoms. The maximum Gasteiger partial charge on any atom is 0.348 e. The van der Waals surface area contributed by atoms with E-state index in [-0.39, 0.29) is 5.56 Å². The number of nitrogens with zero attached hydrogens (tertiary/aromatic N) is 1. The Morgan fingerprint density at radius 3 is 2.79 bits per heavy atom. The molecule has 0 unspecified atom stereocenters. The van der Waals surface area contributed by atoms with Crippen molar-refractivity contribution in [3.05, 3.63) is 69.1 Å². The van der Waals surface area contributed by atoms with Crippen molar-refractivity contribution in [2.24, 2.45) is 0 Å². The number of rotatable bonds is 5. The number of aromatic amines is 1. The van der Waals surface area contributed by atoms with Crippen LogP contribution in [0.3, 0.4) is 0 Å². The zero-order valence-electron chi connectivity index (χ0n) is 15.4. The van der Waals surface area contributed by atoms with Gasteiger partial charge >= 0.3 is 5.97 Å². The van der Waals surface area contributed by atoms with Gasteiger partial charge in [-0.3, -0.25) is 4.79 Å². The minimum atomic E-state index is -0.408. The van der Waals surface area contributed by atoms with E-state index in [0.717, 1.165) is 4.90 Å². The van der Waals surface area contributed by atoms with E-state index in [1.54, 1.807) is 25.6 Å². The van der Waals surface area contributed by atoms with Gasteiger partial charge in [-0.2, -0.15) is 0 Å². The van der Waals surface area contributed by atoms with Crippen LogP contribution in [0.5, 0.6) is 0 Å². The summed E-state index contributed by atoms with van der Waals surface area (Å²) in [5.41, 5.74) is 0.407. The van der Waals surface area contributed by atoms with Gasteiger partial charge in [-0.15, -0.1) is 23.1 Å². The Balaban J connectivity index is 1.61. The van der Waals surface area contributed by atoms with Crippen LogP contribution in [0, 0.1) is 6.92 Å². The number of hydrogen-bond donors (Lipinski definition) is 1. The van der Waals surface area contributed by atoms with Crippen molar-refractivity contribution in [2.75, 3.05) is 6.61 Å².